The van der Waals surface area contributed by atoms with E-state index in [1.54, 1.807) is 4.90 Å². The van der Waals surface area contributed by atoms with Gasteiger partial charge in [0.1, 0.15) is 5.76 Å². The van der Waals surface area contributed by atoms with Gasteiger partial charge >= 0.3 is 15.6 Å². The summed E-state index contributed by atoms with van der Waals surface area (Å²) in [5.74, 6) is -0.183. The first kappa shape index (κ1) is 14.3. The van der Waals surface area contributed by atoms with E-state index in [0.29, 0.717) is 6.54 Å². The van der Waals surface area contributed by atoms with E-state index in [-0.39, 0.29) is 17.8 Å². The van der Waals surface area contributed by atoms with Crippen LogP contribution in [0, 0.1) is 0 Å². The molecule has 0 aliphatic carbocycles. The van der Waals surface area contributed by atoms with E-state index in [1.165, 1.54) is 6.08 Å². The van der Waals surface area contributed by atoms with Crippen molar-refractivity contribution >= 4 is 10.1 Å². The van der Waals surface area contributed by atoms with Crippen LogP contribution in [0.3, 0.4) is 0 Å². The Morgan fingerprint density at radius 2 is 1.82 bits per heavy atom. The fourth-order valence-electron chi connectivity index (χ4n) is 1.29. The minimum Gasteiger partial charge on any atom is -0.379 e. The van der Waals surface area contributed by atoms with Gasteiger partial charge in [-0.25, -0.2) is 0 Å². The van der Waals surface area contributed by atoms with Crippen LogP contribution in [0.5, 0.6) is 0 Å². The first-order valence-corrected chi connectivity index (χ1v) is 6.29. The summed E-state index contributed by atoms with van der Waals surface area (Å²) in [7, 11) is -5.55. The highest BCUT2D eigenvalue weighted by Crippen LogP contribution is 2.29. The van der Waals surface area contributed by atoms with Crippen molar-refractivity contribution in [3.63, 3.8) is 0 Å². The van der Waals surface area contributed by atoms with E-state index in [9.17, 15) is 21.6 Å². The average molecular weight is 273 g/mol. The molecule has 0 spiro atoms. The Balaban J connectivity index is 2.70. The van der Waals surface area contributed by atoms with E-state index in [0.717, 1.165) is 0 Å². The molecule has 0 aromatic rings. The third kappa shape index (κ3) is 3.35. The molecular weight excluding hydrogens is 259 g/mol. The zero-order valence-corrected chi connectivity index (χ0v) is 10.5. The summed E-state index contributed by atoms with van der Waals surface area (Å²) in [6.07, 6.45) is 1.34. The molecule has 0 radical (unpaired) electrons. The molecule has 100 valence electrons. The summed E-state index contributed by atoms with van der Waals surface area (Å²) in [4.78, 5) is 1.80. The molecule has 0 atom stereocenters. The molecule has 0 saturated carbocycles. The molecule has 1 rings (SSSR count). The lowest BCUT2D eigenvalue weighted by Gasteiger charge is -2.31. The zero-order valence-electron chi connectivity index (χ0n) is 9.71. The molecule has 17 heavy (non-hydrogen) atoms. The fraction of sp³-hybridized carbons (Fsp3) is 0.778. The van der Waals surface area contributed by atoms with Gasteiger partial charge in [0.15, 0.2) is 0 Å². The number of hydrogen-bond acceptors (Lipinski definition) is 4. The van der Waals surface area contributed by atoms with Crippen molar-refractivity contribution in [2.75, 3.05) is 13.1 Å². The molecule has 0 aromatic heterocycles. The lowest BCUT2D eigenvalue weighted by molar-refractivity contribution is -0.0524. The molecule has 0 amide bonds. The van der Waals surface area contributed by atoms with Crippen LogP contribution in [0.4, 0.5) is 13.2 Å². The smallest absolute Gasteiger partial charge is 0.379 e. The highest BCUT2D eigenvalue weighted by atomic mass is 32.2. The molecule has 0 saturated heterocycles. The first-order valence-electron chi connectivity index (χ1n) is 4.88. The second-order valence-electron chi connectivity index (χ2n) is 4.70. The van der Waals surface area contributed by atoms with Crippen LogP contribution in [0.2, 0.25) is 0 Å². The molecule has 8 heteroatoms. The van der Waals surface area contributed by atoms with Crippen molar-refractivity contribution in [2.24, 2.45) is 0 Å². The third-order valence-corrected chi connectivity index (χ3v) is 3.34. The second kappa shape index (κ2) is 4.16. The van der Waals surface area contributed by atoms with E-state index in [2.05, 4.69) is 4.18 Å². The SMILES string of the molecule is CC(C)(C)N1CC=C(OS(=O)(=O)C(F)(F)F)C1. The topological polar surface area (TPSA) is 46.6 Å². The number of halogens is 3. The van der Waals surface area contributed by atoms with Crippen molar-refractivity contribution in [1.82, 2.24) is 4.90 Å². The quantitative estimate of drug-likeness (QED) is 0.569. The van der Waals surface area contributed by atoms with E-state index in [1.807, 2.05) is 20.8 Å². The predicted octanol–water partition coefficient (Wildman–Crippen LogP) is 1.85. The van der Waals surface area contributed by atoms with Crippen molar-refractivity contribution in [3.05, 3.63) is 11.8 Å². The van der Waals surface area contributed by atoms with Gasteiger partial charge in [0.2, 0.25) is 0 Å². The van der Waals surface area contributed by atoms with Gasteiger partial charge in [-0.15, -0.1) is 0 Å². The summed E-state index contributed by atoms with van der Waals surface area (Å²) in [5.41, 5.74) is -5.65. The van der Waals surface area contributed by atoms with Crippen LogP contribution < -0.4 is 0 Å². The van der Waals surface area contributed by atoms with Crippen LogP contribution in [-0.4, -0.2) is 37.5 Å². The first-order chi connectivity index (χ1) is 7.43. The van der Waals surface area contributed by atoms with Gasteiger partial charge in [0.25, 0.3) is 0 Å². The molecule has 0 bridgehead atoms. The van der Waals surface area contributed by atoms with Gasteiger partial charge in [-0.2, -0.15) is 21.6 Å². The van der Waals surface area contributed by atoms with Gasteiger partial charge in [-0.3, -0.25) is 4.90 Å². The summed E-state index contributed by atoms with van der Waals surface area (Å²) >= 11 is 0. The Bertz CT molecular complexity index is 420. The summed E-state index contributed by atoms with van der Waals surface area (Å²) in [6.45, 7) is 6.05. The molecule has 4 nitrogen and oxygen atoms in total. The molecule has 0 aromatic carbocycles. The monoisotopic (exact) mass is 273 g/mol. The predicted molar refractivity (Wildman–Crippen MR) is 55.5 cm³/mol. The van der Waals surface area contributed by atoms with Crippen molar-refractivity contribution in [1.29, 1.82) is 0 Å². The Morgan fingerprint density at radius 1 is 1.29 bits per heavy atom. The van der Waals surface area contributed by atoms with Crippen molar-refractivity contribution in [2.45, 2.75) is 31.8 Å². The van der Waals surface area contributed by atoms with Crippen LogP contribution in [0.15, 0.2) is 11.8 Å². The standard InChI is InChI=1S/C9H14F3NO3S/c1-8(2,3)13-5-4-7(6-13)16-17(14,15)9(10,11)12/h4H,5-6H2,1-3H3. The molecule has 0 fully saturated rings. The van der Waals surface area contributed by atoms with Gasteiger partial charge in [-0.1, -0.05) is 0 Å². The van der Waals surface area contributed by atoms with Crippen LogP contribution >= 0.6 is 0 Å². The largest absolute Gasteiger partial charge is 0.534 e. The number of alkyl halides is 3. The average Bonchev–Trinajstić information content (AvgIpc) is 2.48. The zero-order chi connectivity index (χ0) is 13.5. The van der Waals surface area contributed by atoms with Gasteiger partial charge < -0.3 is 4.18 Å². The maximum Gasteiger partial charge on any atom is 0.534 e. The van der Waals surface area contributed by atoms with Crippen molar-refractivity contribution in [3.8, 4) is 0 Å². The van der Waals surface area contributed by atoms with E-state index < -0.39 is 15.6 Å². The maximum absolute atomic E-state index is 12.1. The molecule has 1 aliphatic heterocycles. The minimum absolute atomic E-state index is 0.0544. The van der Waals surface area contributed by atoms with Gasteiger partial charge in [0, 0.05) is 12.1 Å². The summed E-state index contributed by atoms with van der Waals surface area (Å²) < 4.78 is 61.8. The highest BCUT2D eigenvalue weighted by molar-refractivity contribution is 7.87. The van der Waals surface area contributed by atoms with Crippen LogP contribution in [-0.2, 0) is 14.3 Å². The number of nitrogens with zero attached hydrogens (tertiary/aromatic N) is 1. The Morgan fingerprint density at radius 3 is 2.18 bits per heavy atom. The Hall–Kier alpha value is -0.760. The normalized spacial score (nSPS) is 19.3. The molecule has 0 unspecified atom stereocenters. The molecule has 0 N–H and O–H groups in total. The summed E-state index contributed by atoms with van der Waals surface area (Å²) in [6, 6.07) is 0. The van der Waals surface area contributed by atoms with Gasteiger partial charge in [0.05, 0.1) is 6.54 Å². The fourth-order valence-corrected chi connectivity index (χ4v) is 1.79. The van der Waals surface area contributed by atoms with Crippen LogP contribution in [0.25, 0.3) is 0 Å². The number of hydrogen-bond donors (Lipinski definition) is 0. The second-order valence-corrected chi connectivity index (χ2v) is 6.24. The maximum atomic E-state index is 12.1. The minimum atomic E-state index is -5.55. The number of rotatable bonds is 2. The Kier molecular flexibility index (Phi) is 3.50. The molecular formula is C9H14F3NO3S. The molecule has 1 heterocycles. The van der Waals surface area contributed by atoms with Gasteiger partial charge in [-0.05, 0) is 26.8 Å². The molecule has 1 aliphatic rings. The lowest BCUT2D eigenvalue weighted by Crippen LogP contribution is -2.40. The third-order valence-electron chi connectivity index (χ3n) is 2.33. The van der Waals surface area contributed by atoms with E-state index >= 15 is 0 Å². The summed E-state index contributed by atoms with van der Waals surface area (Å²) in [5, 5.41) is 0. The Labute approximate surface area is 98.2 Å². The van der Waals surface area contributed by atoms with E-state index in [4.69, 9.17) is 0 Å². The van der Waals surface area contributed by atoms with Crippen molar-refractivity contribution < 1.29 is 25.8 Å². The lowest BCUT2D eigenvalue weighted by atomic mass is 10.1. The highest BCUT2D eigenvalue weighted by Gasteiger charge is 2.49. The van der Waals surface area contributed by atoms with Crippen LogP contribution in [0.1, 0.15) is 20.8 Å².